The molecule has 3 rings (SSSR count). The summed E-state index contributed by atoms with van der Waals surface area (Å²) in [5.74, 6) is -3.32. The number of benzene rings is 2. The van der Waals surface area contributed by atoms with Crippen LogP contribution in [0.2, 0.25) is 0 Å². The van der Waals surface area contributed by atoms with Crippen molar-refractivity contribution in [2.75, 3.05) is 13.1 Å². The molecule has 1 amide bonds. The molecule has 2 aromatic rings. The SMILES string of the molecule is O=C(c1cc(F)cc(F)c1OCc1ccccc1)C1CCCN(C(=O)O)C1. The van der Waals surface area contributed by atoms with Gasteiger partial charge in [0, 0.05) is 25.1 Å². The first-order valence-corrected chi connectivity index (χ1v) is 8.63. The van der Waals surface area contributed by atoms with E-state index in [4.69, 9.17) is 9.84 Å². The molecule has 142 valence electrons. The van der Waals surface area contributed by atoms with Gasteiger partial charge in [-0.2, -0.15) is 0 Å². The zero-order valence-electron chi connectivity index (χ0n) is 14.5. The molecule has 1 saturated heterocycles. The molecule has 0 radical (unpaired) electrons. The summed E-state index contributed by atoms with van der Waals surface area (Å²) in [6, 6.07) is 10.6. The quantitative estimate of drug-likeness (QED) is 0.799. The Hall–Kier alpha value is -2.96. The Labute approximate surface area is 155 Å². The topological polar surface area (TPSA) is 66.8 Å². The first-order valence-electron chi connectivity index (χ1n) is 8.63. The number of Topliss-reactive ketones (excluding diaryl/α,β-unsaturated/α-hetero) is 1. The van der Waals surface area contributed by atoms with Crippen molar-refractivity contribution in [3.8, 4) is 5.75 Å². The number of carbonyl (C=O) groups is 2. The molecular weight excluding hydrogens is 356 g/mol. The summed E-state index contributed by atoms with van der Waals surface area (Å²) in [5, 5.41) is 9.13. The van der Waals surface area contributed by atoms with E-state index in [2.05, 4.69) is 0 Å². The van der Waals surface area contributed by atoms with Crippen LogP contribution in [0.25, 0.3) is 0 Å². The highest BCUT2D eigenvalue weighted by molar-refractivity contribution is 6.00. The average molecular weight is 375 g/mol. The summed E-state index contributed by atoms with van der Waals surface area (Å²) in [6.45, 7) is 0.369. The van der Waals surface area contributed by atoms with E-state index in [9.17, 15) is 18.4 Å². The summed E-state index contributed by atoms with van der Waals surface area (Å²) < 4.78 is 33.6. The largest absolute Gasteiger partial charge is 0.485 e. The Morgan fingerprint density at radius 1 is 1.19 bits per heavy atom. The first kappa shape index (κ1) is 18.8. The van der Waals surface area contributed by atoms with E-state index in [-0.39, 0.29) is 24.5 Å². The monoisotopic (exact) mass is 375 g/mol. The molecule has 7 heteroatoms. The predicted octanol–water partition coefficient (Wildman–Crippen LogP) is 4.12. The van der Waals surface area contributed by atoms with E-state index in [1.807, 2.05) is 6.07 Å². The number of carboxylic acid groups (broad SMARTS) is 1. The van der Waals surface area contributed by atoms with Crippen LogP contribution in [-0.2, 0) is 6.61 Å². The minimum absolute atomic E-state index is 0.00439. The second kappa shape index (κ2) is 8.16. The van der Waals surface area contributed by atoms with Crippen molar-refractivity contribution in [1.29, 1.82) is 0 Å². The molecule has 0 aliphatic carbocycles. The van der Waals surface area contributed by atoms with Gasteiger partial charge in [-0.1, -0.05) is 30.3 Å². The molecule has 2 aromatic carbocycles. The van der Waals surface area contributed by atoms with Gasteiger partial charge in [0.05, 0.1) is 5.56 Å². The van der Waals surface area contributed by atoms with Crippen LogP contribution < -0.4 is 4.74 Å². The van der Waals surface area contributed by atoms with E-state index in [0.717, 1.165) is 16.5 Å². The van der Waals surface area contributed by atoms with Crippen LogP contribution >= 0.6 is 0 Å². The predicted molar refractivity (Wildman–Crippen MR) is 93.8 cm³/mol. The molecule has 0 aromatic heterocycles. The van der Waals surface area contributed by atoms with E-state index < -0.39 is 29.4 Å². The highest BCUT2D eigenvalue weighted by Gasteiger charge is 2.31. The molecule has 1 aliphatic heterocycles. The van der Waals surface area contributed by atoms with Crippen LogP contribution in [0, 0.1) is 17.6 Å². The van der Waals surface area contributed by atoms with Crippen molar-refractivity contribution in [3.05, 3.63) is 65.2 Å². The van der Waals surface area contributed by atoms with Crippen LogP contribution in [0.4, 0.5) is 13.6 Å². The molecule has 0 spiro atoms. The van der Waals surface area contributed by atoms with Crippen molar-refractivity contribution in [1.82, 2.24) is 4.90 Å². The maximum Gasteiger partial charge on any atom is 0.407 e. The summed E-state index contributed by atoms with van der Waals surface area (Å²) in [4.78, 5) is 25.2. The molecule has 1 atom stereocenters. The smallest absolute Gasteiger partial charge is 0.407 e. The molecule has 1 aliphatic rings. The fourth-order valence-electron chi connectivity index (χ4n) is 3.20. The molecule has 27 heavy (non-hydrogen) atoms. The second-order valence-electron chi connectivity index (χ2n) is 6.47. The molecule has 5 nitrogen and oxygen atoms in total. The number of hydrogen-bond donors (Lipinski definition) is 1. The zero-order chi connectivity index (χ0) is 19.4. The zero-order valence-corrected chi connectivity index (χ0v) is 14.5. The number of likely N-dealkylation sites (tertiary alicyclic amines) is 1. The Morgan fingerprint density at radius 2 is 1.93 bits per heavy atom. The number of carbonyl (C=O) groups excluding carboxylic acids is 1. The first-order chi connectivity index (χ1) is 13.0. The van der Waals surface area contributed by atoms with Crippen LogP contribution in [0.5, 0.6) is 5.75 Å². The molecular formula is C20H19F2NO4. The minimum Gasteiger partial charge on any atom is -0.485 e. The maximum absolute atomic E-state index is 14.3. The number of piperidine rings is 1. The van der Waals surface area contributed by atoms with Crippen molar-refractivity contribution < 1.29 is 28.2 Å². The summed E-state index contributed by atoms with van der Waals surface area (Å²) in [6.07, 6.45) is -0.141. The van der Waals surface area contributed by atoms with Crippen LogP contribution in [0.15, 0.2) is 42.5 Å². The molecule has 1 N–H and O–H groups in total. The van der Waals surface area contributed by atoms with Crippen molar-refractivity contribution in [2.45, 2.75) is 19.4 Å². The highest BCUT2D eigenvalue weighted by atomic mass is 19.1. The van der Waals surface area contributed by atoms with Crippen LogP contribution in [0.3, 0.4) is 0 Å². The third-order valence-electron chi connectivity index (χ3n) is 4.56. The lowest BCUT2D eigenvalue weighted by Gasteiger charge is -2.30. The Kier molecular flexibility index (Phi) is 5.69. The van der Waals surface area contributed by atoms with Crippen molar-refractivity contribution >= 4 is 11.9 Å². The van der Waals surface area contributed by atoms with E-state index >= 15 is 0 Å². The van der Waals surface area contributed by atoms with Gasteiger partial charge < -0.3 is 14.7 Å². The van der Waals surface area contributed by atoms with Gasteiger partial charge >= 0.3 is 6.09 Å². The lowest BCUT2D eigenvalue weighted by atomic mass is 9.89. The average Bonchev–Trinajstić information content (AvgIpc) is 2.67. The molecule has 1 fully saturated rings. The number of halogens is 2. The molecule has 1 heterocycles. The van der Waals surface area contributed by atoms with Crippen LogP contribution in [0.1, 0.15) is 28.8 Å². The third-order valence-corrected chi connectivity index (χ3v) is 4.56. The summed E-state index contributed by atoms with van der Waals surface area (Å²) in [5.41, 5.74) is 0.579. The number of ether oxygens (including phenoxy) is 1. The Balaban J connectivity index is 1.85. The van der Waals surface area contributed by atoms with Crippen molar-refractivity contribution in [3.63, 3.8) is 0 Å². The van der Waals surface area contributed by atoms with Gasteiger partial charge in [0.1, 0.15) is 12.4 Å². The van der Waals surface area contributed by atoms with Crippen molar-refractivity contribution in [2.24, 2.45) is 5.92 Å². The van der Waals surface area contributed by atoms with Gasteiger partial charge in [0.15, 0.2) is 17.3 Å². The maximum atomic E-state index is 14.3. The van der Waals surface area contributed by atoms with Gasteiger partial charge in [0.25, 0.3) is 0 Å². The van der Waals surface area contributed by atoms with E-state index in [1.165, 1.54) is 0 Å². The number of nitrogens with zero attached hydrogens (tertiary/aromatic N) is 1. The Morgan fingerprint density at radius 3 is 2.63 bits per heavy atom. The fourth-order valence-corrected chi connectivity index (χ4v) is 3.20. The number of hydrogen-bond acceptors (Lipinski definition) is 3. The summed E-state index contributed by atoms with van der Waals surface area (Å²) in [7, 11) is 0. The minimum atomic E-state index is -1.11. The second-order valence-corrected chi connectivity index (χ2v) is 6.47. The lowest BCUT2D eigenvalue weighted by molar-refractivity contribution is 0.0801. The number of rotatable bonds is 5. The Bertz CT molecular complexity index is 841. The van der Waals surface area contributed by atoms with Gasteiger partial charge in [-0.05, 0) is 24.5 Å². The number of amides is 1. The van der Waals surface area contributed by atoms with Gasteiger partial charge in [-0.3, -0.25) is 4.79 Å². The summed E-state index contributed by atoms with van der Waals surface area (Å²) >= 11 is 0. The normalized spacial score (nSPS) is 16.8. The molecule has 1 unspecified atom stereocenters. The third kappa shape index (κ3) is 4.42. The van der Waals surface area contributed by atoms with E-state index in [0.29, 0.717) is 25.5 Å². The number of ketones is 1. The van der Waals surface area contributed by atoms with E-state index in [1.54, 1.807) is 24.3 Å². The van der Waals surface area contributed by atoms with Gasteiger partial charge in [-0.25, -0.2) is 13.6 Å². The molecule has 0 bridgehead atoms. The van der Waals surface area contributed by atoms with Gasteiger partial charge in [0.2, 0.25) is 0 Å². The molecule has 0 saturated carbocycles. The van der Waals surface area contributed by atoms with Crippen LogP contribution in [-0.4, -0.2) is 35.0 Å². The lowest BCUT2D eigenvalue weighted by Crippen LogP contribution is -2.41. The fraction of sp³-hybridized carbons (Fsp3) is 0.300. The van der Waals surface area contributed by atoms with Gasteiger partial charge in [-0.15, -0.1) is 0 Å². The standard InChI is InChI=1S/C20H19F2NO4/c21-15-9-16(18(24)14-7-4-8-23(11-14)20(25)26)19(17(22)10-15)27-12-13-5-2-1-3-6-13/h1-3,5-6,9-10,14H,4,7-8,11-12H2,(H,25,26). The highest BCUT2D eigenvalue weighted by Crippen LogP contribution is 2.30.